The SMILES string of the molecule is COCCn1nc(C)c(CNC(=O)Cc2ccc(-c3csc(C)n3)cc2)c1C. The molecule has 0 unspecified atom stereocenters. The lowest BCUT2D eigenvalue weighted by molar-refractivity contribution is -0.120. The zero-order chi connectivity index (χ0) is 20.1. The molecule has 0 bridgehead atoms. The van der Waals surface area contributed by atoms with Gasteiger partial charge in [0, 0.05) is 35.9 Å². The summed E-state index contributed by atoms with van der Waals surface area (Å²) < 4.78 is 7.05. The van der Waals surface area contributed by atoms with Crippen LogP contribution in [0.1, 0.15) is 27.5 Å². The van der Waals surface area contributed by atoms with E-state index in [1.165, 1.54) is 0 Å². The molecule has 0 aliphatic rings. The van der Waals surface area contributed by atoms with Crippen LogP contribution in [0.4, 0.5) is 0 Å². The van der Waals surface area contributed by atoms with Crippen molar-refractivity contribution in [3.8, 4) is 11.3 Å². The van der Waals surface area contributed by atoms with Crippen LogP contribution in [0.15, 0.2) is 29.6 Å². The first-order chi connectivity index (χ1) is 13.5. The third kappa shape index (κ3) is 4.85. The predicted molar refractivity (Wildman–Crippen MR) is 111 cm³/mol. The largest absolute Gasteiger partial charge is 0.383 e. The molecule has 3 rings (SSSR count). The fourth-order valence-electron chi connectivity index (χ4n) is 3.11. The van der Waals surface area contributed by atoms with Crippen LogP contribution in [-0.2, 0) is 29.0 Å². The molecule has 2 heterocycles. The molecule has 0 radical (unpaired) electrons. The maximum absolute atomic E-state index is 12.4. The van der Waals surface area contributed by atoms with Crippen molar-refractivity contribution in [2.75, 3.05) is 13.7 Å². The molecular weight excluding hydrogens is 372 g/mol. The van der Waals surface area contributed by atoms with Crippen LogP contribution in [0.2, 0.25) is 0 Å². The molecule has 1 N–H and O–H groups in total. The summed E-state index contributed by atoms with van der Waals surface area (Å²) in [7, 11) is 1.68. The molecule has 148 valence electrons. The van der Waals surface area contributed by atoms with Crippen molar-refractivity contribution in [3.63, 3.8) is 0 Å². The Labute approximate surface area is 169 Å². The zero-order valence-electron chi connectivity index (χ0n) is 16.8. The van der Waals surface area contributed by atoms with Gasteiger partial charge in [-0.25, -0.2) is 4.98 Å². The highest BCUT2D eigenvalue weighted by atomic mass is 32.1. The molecule has 1 amide bonds. The Morgan fingerprint density at radius 2 is 1.96 bits per heavy atom. The van der Waals surface area contributed by atoms with E-state index < -0.39 is 0 Å². The number of thiazole rings is 1. The lowest BCUT2D eigenvalue weighted by atomic mass is 10.1. The number of aromatic nitrogens is 3. The van der Waals surface area contributed by atoms with Gasteiger partial charge in [0.05, 0.1) is 36.0 Å². The summed E-state index contributed by atoms with van der Waals surface area (Å²) in [6, 6.07) is 8.02. The van der Waals surface area contributed by atoms with E-state index in [4.69, 9.17) is 4.74 Å². The minimum absolute atomic E-state index is 0.000643. The van der Waals surface area contributed by atoms with E-state index in [0.717, 1.165) is 38.8 Å². The van der Waals surface area contributed by atoms with Gasteiger partial charge in [0.1, 0.15) is 0 Å². The standard InChI is InChI=1S/C21H26N4O2S/c1-14-19(15(2)25(24-14)9-10-27-4)12-22-21(26)11-17-5-7-18(8-6-17)20-13-28-16(3)23-20/h5-8,13H,9-12H2,1-4H3,(H,22,26). The second-order valence-electron chi connectivity index (χ2n) is 6.77. The first-order valence-electron chi connectivity index (χ1n) is 9.28. The minimum Gasteiger partial charge on any atom is -0.383 e. The maximum Gasteiger partial charge on any atom is 0.224 e. The van der Waals surface area contributed by atoms with Crippen molar-refractivity contribution in [1.82, 2.24) is 20.1 Å². The predicted octanol–water partition coefficient (Wildman–Crippen LogP) is 3.44. The van der Waals surface area contributed by atoms with E-state index in [-0.39, 0.29) is 5.91 Å². The number of amides is 1. The van der Waals surface area contributed by atoms with Crippen molar-refractivity contribution in [2.24, 2.45) is 0 Å². The Bertz CT molecular complexity index is 944. The zero-order valence-corrected chi connectivity index (χ0v) is 17.6. The molecule has 6 nitrogen and oxygen atoms in total. The van der Waals surface area contributed by atoms with Crippen molar-refractivity contribution >= 4 is 17.2 Å². The first-order valence-corrected chi connectivity index (χ1v) is 10.2. The summed E-state index contributed by atoms with van der Waals surface area (Å²) >= 11 is 1.64. The molecule has 7 heteroatoms. The molecule has 0 aliphatic heterocycles. The van der Waals surface area contributed by atoms with Gasteiger partial charge in [-0.15, -0.1) is 11.3 Å². The van der Waals surface area contributed by atoms with Gasteiger partial charge >= 0.3 is 0 Å². The molecule has 28 heavy (non-hydrogen) atoms. The molecule has 0 fully saturated rings. The molecule has 2 aromatic heterocycles. The number of benzene rings is 1. The van der Waals surface area contributed by atoms with E-state index in [0.29, 0.717) is 26.1 Å². The summed E-state index contributed by atoms with van der Waals surface area (Å²) in [5.41, 5.74) is 6.11. The first kappa shape index (κ1) is 20.2. The van der Waals surface area contributed by atoms with Crippen LogP contribution in [-0.4, -0.2) is 34.4 Å². The van der Waals surface area contributed by atoms with Crippen LogP contribution in [0.5, 0.6) is 0 Å². The van der Waals surface area contributed by atoms with Crippen molar-refractivity contribution in [1.29, 1.82) is 0 Å². The highest BCUT2D eigenvalue weighted by Gasteiger charge is 2.13. The van der Waals surface area contributed by atoms with Gasteiger partial charge in [0.15, 0.2) is 0 Å². The number of ether oxygens (including phenoxy) is 1. The normalized spacial score (nSPS) is 11.0. The fourth-order valence-corrected chi connectivity index (χ4v) is 3.73. The van der Waals surface area contributed by atoms with Crippen LogP contribution in [0.3, 0.4) is 0 Å². The second kappa shape index (κ2) is 9.12. The smallest absolute Gasteiger partial charge is 0.224 e. The van der Waals surface area contributed by atoms with Gasteiger partial charge in [0.2, 0.25) is 5.91 Å². The van der Waals surface area contributed by atoms with E-state index in [1.54, 1.807) is 18.4 Å². The lowest BCUT2D eigenvalue weighted by Gasteiger charge is -2.07. The minimum atomic E-state index is 0.000643. The summed E-state index contributed by atoms with van der Waals surface area (Å²) in [6.07, 6.45) is 0.353. The Morgan fingerprint density at radius 3 is 2.61 bits per heavy atom. The van der Waals surface area contributed by atoms with Crippen LogP contribution in [0, 0.1) is 20.8 Å². The second-order valence-corrected chi connectivity index (χ2v) is 7.83. The number of methoxy groups -OCH3 is 1. The molecule has 0 saturated heterocycles. The topological polar surface area (TPSA) is 69.0 Å². The van der Waals surface area contributed by atoms with Crippen molar-refractivity contribution in [3.05, 3.63) is 57.2 Å². The maximum atomic E-state index is 12.4. The number of nitrogens with one attached hydrogen (secondary N) is 1. The third-order valence-corrected chi connectivity index (χ3v) is 5.51. The summed E-state index contributed by atoms with van der Waals surface area (Å²) in [5, 5.41) is 10.6. The molecule has 1 aromatic carbocycles. The number of rotatable bonds is 8. The monoisotopic (exact) mass is 398 g/mol. The quantitative estimate of drug-likeness (QED) is 0.631. The Kier molecular flexibility index (Phi) is 6.59. The summed E-state index contributed by atoms with van der Waals surface area (Å²) in [4.78, 5) is 16.9. The van der Waals surface area contributed by atoms with Crippen LogP contribution in [0.25, 0.3) is 11.3 Å². The molecular formula is C21H26N4O2S. The van der Waals surface area contributed by atoms with Gasteiger partial charge in [-0.05, 0) is 26.3 Å². The number of hydrogen-bond donors (Lipinski definition) is 1. The van der Waals surface area contributed by atoms with Gasteiger partial charge in [0.25, 0.3) is 0 Å². The third-order valence-electron chi connectivity index (χ3n) is 4.73. The van der Waals surface area contributed by atoms with Gasteiger partial charge < -0.3 is 10.1 Å². The van der Waals surface area contributed by atoms with Gasteiger partial charge in [-0.3, -0.25) is 9.48 Å². The fraction of sp³-hybridized carbons (Fsp3) is 0.381. The summed E-state index contributed by atoms with van der Waals surface area (Å²) in [5.74, 6) is 0.000643. The van der Waals surface area contributed by atoms with Gasteiger partial charge in [-0.1, -0.05) is 24.3 Å². The average molecular weight is 399 g/mol. The number of carbonyl (C=O) groups is 1. The van der Waals surface area contributed by atoms with Crippen LogP contribution >= 0.6 is 11.3 Å². The Balaban J connectivity index is 1.57. The van der Waals surface area contributed by atoms with E-state index >= 15 is 0 Å². The number of carbonyl (C=O) groups excluding carboxylic acids is 1. The summed E-state index contributed by atoms with van der Waals surface area (Å²) in [6.45, 7) is 7.80. The molecule has 3 aromatic rings. The average Bonchev–Trinajstić information content (AvgIpc) is 3.22. The Morgan fingerprint density at radius 1 is 1.21 bits per heavy atom. The molecule has 0 aliphatic carbocycles. The lowest BCUT2D eigenvalue weighted by Crippen LogP contribution is -2.25. The van der Waals surface area contributed by atoms with Gasteiger partial charge in [-0.2, -0.15) is 5.10 Å². The number of hydrogen-bond acceptors (Lipinski definition) is 5. The number of aryl methyl sites for hydroxylation is 2. The Hall–Kier alpha value is -2.51. The van der Waals surface area contributed by atoms with E-state index in [9.17, 15) is 4.79 Å². The van der Waals surface area contributed by atoms with Crippen molar-refractivity contribution < 1.29 is 9.53 Å². The highest BCUT2D eigenvalue weighted by Crippen LogP contribution is 2.22. The highest BCUT2D eigenvalue weighted by molar-refractivity contribution is 7.09. The molecule has 0 atom stereocenters. The number of nitrogens with zero attached hydrogens (tertiary/aromatic N) is 3. The van der Waals surface area contributed by atoms with Crippen LogP contribution < -0.4 is 5.32 Å². The van der Waals surface area contributed by atoms with E-state index in [2.05, 4.69) is 20.8 Å². The van der Waals surface area contributed by atoms with Crippen molar-refractivity contribution in [2.45, 2.75) is 40.3 Å². The molecule has 0 saturated carbocycles. The molecule has 0 spiro atoms. The van der Waals surface area contributed by atoms with E-state index in [1.807, 2.05) is 49.7 Å².